The van der Waals surface area contributed by atoms with E-state index in [-0.39, 0.29) is 5.82 Å². The molecule has 5 nitrogen and oxygen atoms in total. The molecule has 0 atom stereocenters. The van der Waals surface area contributed by atoms with Crippen molar-refractivity contribution >= 4 is 22.2 Å². The third kappa shape index (κ3) is 4.89. The second kappa shape index (κ2) is 10.8. The molecule has 0 bridgehead atoms. The van der Waals surface area contributed by atoms with Crippen LogP contribution < -0.4 is 5.32 Å². The number of fused-ring (bicyclic) bond motifs is 1. The van der Waals surface area contributed by atoms with Gasteiger partial charge in [-0.25, -0.2) is 4.39 Å². The number of nitrogens with one attached hydrogen (secondary N) is 3. The highest BCUT2D eigenvalue weighted by atomic mass is 19.1. The van der Waals surface area contributed by atoms with Crippen LogP contribution in [0.25, 0.3) is 39.0 Å². The molecular weight excluding hydrogens is 497 g/mol. The molecule has 6 heteroatoms. The number of pyridine rings is 1. The van der Waals surface area contributed by atoms with Crippen LogP contribution in [0.4, 0.5) is 10.1 Å². The molecule has 2 aromatic carbocycles. The minimum atomic E-state index is -0.273. The van der Waals surface area contributed by atoms with Crippen molar-refractivity contribution in [3.05, 3.63) is 121 Å². The predicted molar refractivity (Wildman–Crippen MR) is 162 cm³/mol. The number of nitrogens with zero attached hydrogens (tertiary/aromatic N) is 2. The van der Waals surface area contributed by atoms with E-state index in [1.54, 1.807) is 18.2 Å². The van der Waals surface area contributed by atoms with Crippen LogP contribution in [0.15, 0.2) is 98.0 Å². The lowest BCUT2D eigenvalue weighted by Gasteiger charge is -2.16. The van der Waals surface area contributed by atoms with E-state index in [1.165, 1.54) is 31.7 Å². The van der Waals surface area contributed by atoms with Crippen molar-refractivity contribution in [2.24, 2.45) is 5.92 Å². The van der Waals surface area contributed by atoms with Gasteiger partial charge in [-0.05, 0) is 67.2 Å². The van der Waals surface area contributed by atoms with Gasteiger partial charge in [0.2, 0.25) is 0 Å². The average molecular weight is 530 g/mol. The van der Waals surface area contributed by atoms with Crippen LogP contribution >= 0.6 is 0 Å². The van der Waals surface area contributed by atoms with E-state index in [4.69, 9.17) is 0 Å². The fraction of sp³-hybridized carbons (Fsp3) is 0.176. The zero-order valence-electron chi connectivity index (χ0n) is 22.6. The summed E-state index contributed by atoms with van der Waals surface area (Å²) in [6.07, 6.45) is 12.2. The van der Waals surface area contributed by atoms with Gasteiger partial charge >= 0.3 is 0 Å². The quantitative estimate of drug-likeness (QED) is 0.176. The number of hydrogen-bond acceptors (Lipinski definition) is 3. The Labute approximate surface area is 233 Å². The molecule has 200 valence electrons. The highest BCUT2D eigenvalue weighted by molar-refractivity contribution is 5.96. The first kappa shape index (κ1) is 25.6. The van der Waals surface area contributed by atoms with Crippen molar-refractivity contribution in [3.8, 4) is 22.5 Å². The average Bonchev–Trinajstić information content (AvgIpc) is 3.72. The van der Waals surface area contributed by atoms with Crippen LogP contribution in [0, 0.1) is 18.7 Å². The van der Waals surface area contributed by atoms with Crippen molar-refractivity contribution in [2.75, 3.05) is 5.32 Å². The molecule has 40 heavy (non-hydrogen) atoms. The molecule has 1 aliphatic carbocycles. The van der Waals surface area contributed by atoms with Crippen LogP contribution in [-0.4, -0.2) is 20.2 Å². The van der Waals surface area contributed by atoms with Gasteiger partial charge in [-0.2, -0.15) is 5.10 Å². The number of H-pyrrole nitrogens is 2. The highest BCUT2D eigenvalue weighted by Crippen LogP contribution is 2.36. The van der Waals surface area contributed by atoms with Gasteiger partial charge in [0.05, 0.1) is 23.1 Å². The molecule has 0 unspecified atom stereocenters. The van der Waals surface area contributed by atoms with Crippen LogP contribution in [0.1, 0.15) is 42.5 Å². The zero-order chi connectivity index (χ0) is 27.6. The maximum Gasteiger partial charge on any atom is 0.131 e. The Morgan fingerprint density at radius 2 is 1.85 bits per heavy atom. The Hall–Kier alpha value is -4.71. The van der Waals surface area contributed by atoms with E-state index in [2.05, 4.69) is 56.8 Å². The van der Waals surface area contributed by atoms with E-state index in [0.717, 1.165) is 61.6 Å². The van der Waals surface area contributed by atoms with Gasteiger partial charge in [-0.1, -0.05) is 62.4 Å². The summed E-state index contributed by atoms with van der Waals surface area (Å²) in [7, 11) is 0. The van der Waals surface area contributed by atoms with Crippen molar-refractivity contribution in [2.45, 2.75) is 32.6 Å². The van der Waals surface area contributed by atoms with Crippen LogP contribution in [0.2, 0.25) is 0 Å². The van der Waals surface area contributed by atoms with Gasteiger partial charge < -0.3 is 10.3 Å². The second-order valence-corrected chi connectivity index (χ2v) is 10.4. The molecule has 6 rings (SSSR count). The molecule has 1 aliphatic rings. The summed E-state index contributed by atoms with van der Waals surface area (Å²) < 4.78 is 14.7. The fourth-order valence-electron chi connectivity index (χ4n) is 5.71. The molecular formula is C34H32FN5. The summed E-state index contributed by atoms with van der Waals surface area (Å²) in [6.45, 7) is 10.1. The Kier molecular flexibility index (Phi) is 6.91. The number of allylic oxidation sites excluding steroid dienone is 3. The fourth-order valence-corrected chi connectivity index (χ4v) is 5.71. The lowest BCUT2D eigenvalue weighted by atomic mass is 9.96. The summed E-state index contributed by atoms with van der Waals surface area (Å²) in [5, 5.41) is 12.3. The number of aryl methyl sites for hydroxylation is 1. The smallest absolute Gasteiger partial charge is 0.131 e. The number of halogens is 1. The van der Waals surface area contributed by atoms with Crippen LogP contribution in [-0.2, 0) is 0 Å². The number of rotatable bonds is 8. The molecule has 1 fully saturated rings. The van der Waals surface area contributed by atoms with Crippen molar-refractivity contribution < 1.29 is 4.39 Å². The second-order valence-electron chi connectivity index (χ2n) is 10.4. The number of aromatic nitrogens is 4. The maximum absolute atomic E-state index is 14.7. The molecule has 0 aliphatic heterocycles. The van der Waals surface area contributed by atoms with Gasteiger partial charge in [-0.3, -0.25) is 10.1 Å². The monoisotopic (exact) mass is 529 g/mol. The summed E-state index contributed by atoms with van der Waals surface area (Å²) in [4.78, 5) is 7.97. The molecule has 3 N–H and O–H groups in total. The first-order valence-corrected chi connectivity index (χ1v) is 13.7. The van der Waals surface area contributed by atoms with Gasteiger partial charge in [0.25, 0.3) is 0 Å². The lowest BCUT2D eigenvalue weighted by molar-refractivity contribution is 0.624. The van der Waals surface area contributed by atoms with Gasteiger partial charge in [0, 0.05) is 39.7 Å². The Morgan fingerprint density at radius 1 is 1.02 bits per heavy atom. The Balaban J connectivity index is 1.34. The van der Waals surface area contributed by atoms with Gasteiger partial charge in [-0.15, -0.1) is 0 Å². The first-order valence-electron chi connectivity index (χ1n) is 13.7. The molecule has 3 heterocycles. The maximum atomic E-state index is 14.7. The van der Waals surface area contributed by atoms with E-state index >= 15 is 0 Å². The molecule has 0 amide bonds. The standard InChI is InChI=1S/C34H32FN5/c1-4-9-27(28-12-7-8-13-31(28)35)29-18-33(38-22(29)3)34-30-17-24(14-15-32(30)39-40-34)25-16-26(20-36-19-25)37-21(2)23-10-5-6-11-23/h4,7-9,12-20,23,37-38H,1-2,5-6,10-11H2,3H3,(H,39,40)/b27-9-. The molecule has 1 saturated carbocycles. The lowest BCUT2D eigenvalue weighted by Crippen LogP contribution is -2.07. The Morgan fingerprint density at radius 3 is 2.65 bits per heavy atom. The number of hydrogen-bond donors (Lipinski definition) is 3. The summed E-state index contributed by atoms with van der Waals surface area (Å²) in [6, 6.07) is 17.2. The molecule has 5 aromatic rings. The van der Waals surface area contributed by atoms with Crippen molar-refractivity contribution in [1.29, 1.82) is 0 Å². The summed E-state index contributed by atoms with van der Waals surface area (Å²) in [5.74, 6) is 0.257. The largest absolute Gasteiger partial charge is 0.358 e. The molecule has 3 aromatic heterocycles. The molecule has 0 radical (unpaired) electrons. The van der Waals surface area contributed by atoms with E-state index in [9.17, 15) is 4.39 Å². The number of anilines is 1. The van der Waals surface area contributed by atoms with Crippen molar-refractivity contribution in [1.82, 2.24) is 20.2 Å². The number of aromatic amines is 2. The van der Waals surface area contributed by atoms with Crippen molar-refractivity contribution in [3.63, 3.8) is 0 Å². The van der Waals surface area contributed by atoms with Gasteiger partial charge in [0.1, 0.15) is 11.5 Å². The third-order valence-corrected chi connectivity index (χ3v) is 7.80. The normalized spacial score (nSPS) is 14.1. The third-order valence-electron chi connectivity index (χ3n) is 7.80. The SMILES string of the molecule is C=C/C=C(/c1ccccc1F)c1cc(-c2n[nH]c3ccc(-c4cncc(NC(=C)C5CCCC5)c4)cc23)[nH]c1C. The van der Waals surface area contributed by atoms with Crippen LogP contribution in [0.5, 0.6) is 0 Å². The zero-order valence-corrected chi connectivity index (χ0v) is 22.6. The highest BCUT2D eigenvalue weighted by Gasteiger charge is 2.19. The van der Waals surface area contributed by atoms with E-state index < -0.39 is 0 Å². The minimum Gasteiger partial charge on any atom is -0.358 e. The topological polar surface area (TPSA) is 69.4 Å². The van der Waals surface area contributed by atoms with Gasteiger partial charge in [0.15, 0.2) is 0 Å². The summed E-state index contributed by atoms with van der Waals surface area (Å²) in [5.41, 5.74) is 9.77. The Bertz CT molecular complexity index is 1750. The minimum absolute atomic E-state index is 0.273. The van der Waals surface area contributed by atoms with E-state index in [1.807, 2.05) is 43.6 Å². The predicted octanol–water partition coefficient (Wildman–Crippen LogP) is 8.80. The first-order chi connectivity index (χ1) is 19.5. The van der Waals surface area contributed by atoms with E-state index in [0.29, 0.717) is 11.5 Å². The van der Waals surface area contributed by atoms with Crippen LogP contribution in [0.3, 0.4) is 0 Å². The number of benzene rings is 2. The molecule has 0 spiro atoms. The molecule has 0 saturated heterocycles. The summed E-state index contributed by atoms with van der Waals surface area (Å²) >= 11 is 0.